The lowest BCUT2D eigenvalue weighted by Crippen LogP contribution is -2.56. The number of rotatable bonds is 6. The third-order valence-corrected chi connectivity index (χ3v) is 4.69. The Morgan fingerprint density at radius 3 is 2.62 bits per heavy atom. The Morgan fingerprint density at radius 2 is 2.00 bits per heavy atom. The Morgan fingerprint density at radius 1 is 1.29 bits per heavy atom. The van der Waals surface area contributed by atoms with Crippen molar-refractivity contribution in [3.05, 3.63) is 34.9 Å². The van der Waals surface area contributed by atoms with Crippen LogP contribution < -0.4 is 5.32 Å². The van der Waals surface area contributed by atoms with E-state index in [0.29, 0.717) is 12.1 Å². The van der Waals surface area contributed by atoms with Gasteiger partial charge in [-0.05, 0) is 42.9 Å². The largest absolute Gasteiger partial charge is 0.311 e. The van der Waals surface area contributed by atoms with Crippen LogP contribution in [0.5, 0.6) is 0 Å². The van der Waals surface area contributed by atoms with Crippen molar-refractivity contribution in [1.82, 2.24) is 10.2 Å². The summed E-state index contributed by atoms with van der Waals surface area (Å²) >= 11 is 5.95. The van der Waals surface area contributed by atoms with Crippen LogP contribution in [-0.4, -0.2) is 36.6 Å². The van der Waals surface area contributed by atoms with Crippen LogP contribution in [0.1, 0.15) is 39.2 Å². The predicted molar refractivity (Wildman–Crippen MR) is 92.1 cm³/mol. The maximum absolute atomic E-state index is 5.95. The standard InChI is InChI=1S/C18H29ClN2/c1-4-18-12-20-17(11-14(2)3)13-21(18)10-9-15-5-7-16(19)8-6-15/h5-8,14,17-18,20H,4,9-13H2,1-3H3. The molecular weight excluding hydrogens is 280 g/mol. The molecule has 1 aliphatic heterocycles. The highest BCUT2D eigenvalue weighted by molar-refractivity contribution is 6.30. The summed E-state index contributed by atoms with van der Waals surface area (Å²) in [6, 6.07) is 9.62. The van der Waals surface area contributed by atoms with Gasteiger partial charge in [-0.3, -0.25) is 4.90 Å². The molecule has 0 aromatic heterocycles. The molecule has 3 heteroatoms. The van der Waals surface area contributed by atoms with E-state index in [0.717, 1.165) is 30.5 Å². The first-order valence-corrected chi connectivity index (χ1v) is 8.68. The number of hydrogen-bond acceptors (Lipinski definition) is 2. The number of nitrogens with one attached hydrogen (secondary N) is 1. The Balaban J connectivity index is 1.89. The zero-order chi connectivity index (χ0) is 15.2. The predicted octanol–water partition coefficient (Wildman–Crippen LogP) is 3.98. The fourth-order valence-corrected chi connectivity index (χ4v) is 3.38. The van der Waals surface area contributed by atoms with Crippen LogP contribution in [0.25, 0.3) is 0 Å². The molecule has 1 heterocycles. The van der Waals surface area contributed by atoms with Crippen molar-refractivity contribution in [3.8, 4) is 0 Å². The number of hydrogen-bond donors (Lipinski definition) is 1. The molecule has 1 fully saturated rings. The van der Waals surface area contributed by atoms with Crippen molar-refractivity contribution in [2.45, 2.75) is 52.1 Å². The maximum Gasteiger partial charge on any atom is 0.0406 e. The number of piperazine rings is 1. The topological polar surface area (TPSA) is 15.3 Å². The molecule has 21 heavy (non-hydrogen) atoms. The summed E-state index contributed by atoms with van der Waals surface area (Å²) in [7, 11) is 0. The monoisotopic (exact) mass is 308 g/mol. The zero-order valence-corrected chi connectivity index (χ0v) is 14.4. The van der Waals surface area contributed by atoms with Crippen molar-refractivity contribution in [3.63, 3.8) is 0 Å². The lowest BCUT2D eigenvalue weighted by Gasteiger charge is -2.40. The number of nitrogens with zero attached hydrogens (tertiary/aromatic N) is 1. The zero-order valence-electron chi connectivity index (χ0n) is 13.6. The third kappa shape index (κ3) is 5.28. The first-order valence-electron chi connectivity index (χ1n) is 8.30. The molecule has 2 rings (SSSR count). The normalized spacial score (nSPS) is 23.7. The molecule has 0 radical (unpaired) electrons. The molecule has 2 nitrogen and oxygen atoms in total. The van der Waals surface area contributed by atoms with Gasteiger partial charge < -0.3 is 5.32 Å². The van der Waals surface area contributed by atoms with E-state index in [9.17, 15) is 0 Å². The van der Waals surface area contributed by atoms with Crippen LogP contribution in [0, 0.1) is 5.92 Å². The second-order valence-electron chi connectivity index (χ2n) is 6.67. The van der Waals surface area contributed by atoms with Crippen molar-refractivity contribution in [1.29, 1.82) is 0 Å². The van der Waals surface area contributed by atoms with Gasteiger partial charge >= 0.3 is 0 Å². The van der Waals surface area contributed by atoms with Gasteiger partial charge in [-0.1, -0.05) is 44.5 Å². The van der Waals surface area contributed by atoms with E-state index >= 15 is 0 Å². The lowest BCUT2D eigenvalue weighted by molar-refractivity contribution is 0.120. The van der Waals surface area contributed by atoms with Gasteiger partial charge in [-0.2, -0.15) is 0 Å². The van der Waals surface area contributed by atoms with Gasteiger partial charge in [0, 0.05) is 36.7 Å². The summed E-state index contributed by atoms with van der Waals surface area (Å²) in [4.78, 5) is 2.68. The third-order valence-electron chi connectivity index (χ3n) is 4.44. The molecule has 1 N–H and O–H groups in total. The minimum absolute atomic E-state index is 0.651. The summed E-state index contributed by atoms with van der Waals surface area (Å²) in [5.74, 6) is 0.763. The van der Waals surface area contributed by atoms with E-state index in [-0.39, 0.29) is 0 Å². The lowest BCUT2D eigenvalue weighted by atomic mass is 9.98. The van der Waals surface area contributed by atoms with Gasteiger partial charge in [0.1, 0.15) is 0 Å². The van der Waals surface area contributed by atoms with Crippen LogP contribution >= 0.6 is 11.6 Å². The van der Waals surface area contributed by atoms with Crippen LogP contribution in [0.4, 0.5) is 0 Å². The first-order chi connectivity index (χ1) is 10.1. The van der Waals surface area contributed by atoms with E-state index in [1.54, 1.807) is 0 Å². The van der Waals surface area contributed by atoms with Crippen LogP contribution in [0.3, 0.4) is 0 Å². The van der Waals surface area contributed by atoms with Crippen molar-refractivity contribution >= 4 is 11.6 Å². The Labute approximate surface area is 134 Å². The molecule has 2 unspecified atom stereocenters. The number of benzene rings is 1. The Bertz CT molecular complexity index is 416. The fraction of sp³-hybridized carbons (Fsp3) is 0.667. The molecule has 2 atom stereocenters. The molecule has 1 aliphatic rings. The molecule has 0 amide bonds. The second kappa shape index (κ2) is 8.17. The fourth-order valence-electron chi connectivity index (χ4n) is 3.26. The highest BCUT2D eigenvalue weighted by atomic mass is 35.5. The molecule has 0 spiro atoms. The highest BCUT2D eigenvalue weighted by Gasteiger charge is 2.26. The average molecular weight is 309 g/mol. The van der Waals surface area contributed by atoms with Gasteiger partial charge in [0.15, 0.2) is 0 Å². The van der Waals surface area contributed by atoms with Gasteiger partial charge in [-0.15, -0.1) is 0 Å². The van der Waals surface area contributed by atoms with Gasteiger partial charge in [0.25, 0.3) is 0 Å². The van der Waals surface area contributed by atoms with Gasteiger partial charge in [-0.25, -0.2) is 0 Å². The molecule has 1 aromatic rings. The molecule has 118 valence electrons. The molecule has 0 bridgehead atoms. The van der Waals surface area contributed by atoms with Crippen LogP contribution in [0.2, 0.25) is 5.02 Å². The molecule has 0 saturated carbocycles. The summed E-state index contributed by atoms with van der Waals surface area (Å²) in [5, 5.41) is 4.55. The maximum atomic E-state index is 5.95. The smallest absolute Gasteiger partial charge is 0.0406 e. The summed E-state index contributed by atoms with van der Waals surface area (Å²) in [6.07, 6.45) is 3.61. The number of halogens is 1. The van der Waals surface area contributed by atoms with E-state index in [4.69, 9.17) is 11.6 Å². The van der Waals surface area contributed by atoms with Gasteiger partial charge in [0.2, 0.25) is 0 Å². The Hall–Kier alpha value is -0.570. The molecule has 1 saturated heterocycles. The summed E-state index contributed by atoms with van der Waals surface area (Å²) < 4.78 is 0. The SMILES string of the molecule is CCC1CNC(CC(C)C)CN1CCc1ccc(Cl)cc1. The first kappa shape index (κ1) is 16.8. The minimum Gasteiger partial charge on any atom is -0.311 e. The molecule has 1 aromatic carbocycles. The van der Waals surface area contributed by atoms with E-state index < -0.39 is 0 Å². The van der Waals surface area contributed by atoms with Crippen molar-refractivity contribution < 1.29 is 0 Å². The van der Waals surface area contributed by atoms with Crippen LogP contribution in [0.15, 0.2) is 24.3 Å². The van der Waals surface area contributed by atoms with E-state index in [1.165, 1.54) is 24.9 Å². The van der Waals surface area contributed by atoms with E-state index in [1.807, 2.05) is 12.1 Å². The van der Waals surface area contributed by atoms with E-state index in [2.05, 4.69) is 43.1 Å². The van der Waals surface area contributed by atoms with Crippen LogP contribution in [-0.2, 0) is 6.42 Å². The summed E-state index contributed by atoms with van der Waals surface area (Å²) in [6.45, 7) is 10.4. The van der Waals surface area contributed by atoms with Crippen molar-refractivity contribution in [2.24, 2.45) is 5.92 Å². The quantitative estimate of drug-likeness (QED) is 0.855. The van der Waals surface area contributed by atoms with Gasteiger partial charge in [0.05, 0.1) is 0 Å². The molecule has 0 aliphatic carbocycles. The second-order valence-corrected chi connectivity index (χ2v) is 7.10. The Kier molecular flexibility index (Phi) is 6.53. The van der Waals surface area contributed by atoms with Crippen molar-refractivity contribution in [2.75, 3.05) is 19.6 Å². The average Bonchev–Trinajstić information content (AvgIpc) is 2.46. The highest BCUT2D eigenvalue weighted by Crippen LogP contribution is 2.17. The summed E-state index contributed by atoms with van der Waals surface area (Å²) in [5.41, 5.74) is 1.38. The molecular formula is C18H29ClN2. The minimum atomic E-state index is 0.651.